The van der Waals surface area contributed by atoms with Gasteiger partial charge in [0.15, 0.2) is 0 Å². The molecule has 0 saturated heterocycles. The number of hydrogen-bond acceptors (Lipinski definition) is 5. The van der Waals surface area contributed by atoms with E-state index in [-0.39, 0.29) is 10.8 Å². The van der Waals surface area contributed by atoms with E-state index in [1.165, 1.54) is 37.6 Å². The van der Waals surface area contributed by atoms with E-state index in [1.54, 1.807) is 31.2 Å². The zero-order chi connectivity index (χ0) is 19.5. The van der Waals surface area contributed by atoms with Gasteiger partial charge in [-0.2, -0.15) is 0 Å². The molecular formula is C16H18BrN3O4S2. The second kappa shape index (κ2) is 8.30. The SMILES string of the molecule is CC(NC(=O)c1ccc(Br)s1)C(=O)Nc1cccc(S(=O)(=O)N(C)C)c1. The summed E-state index contributed by atoms with van der Waals surface area (Å²) in [7, 11) is -0.736. The van der Waals surface area contributed by atoms with Crippen LogP contribution >= 0.6 is 27.3 Å². The number of amides is 2. The molecule has 0 bridgehead atoms. The summed E-state index contributed by atoms with van der Waals surface area (Å²) >= 11 is 4.54. The second-order valence-corrected chi connectivity index (χ2v) is 10.2. The average Bonchev–Trinajstić information content (AvgIpc) is 3.01. The van der Waals surface area contributed by atoms with Gasteiger partial charge in [0.25, 0.3) is 5.91 Å². The number of anilines is 1. The van der Waals surface area contributed by atoms with Crippen molar-refractivity contribution in [2.75, 3.05) is 19.4 Å². The van der Waals surface area contributed by atoms with Crippen molar-refractivity contribution in [1.82, 2.24) is 9.62 Å². The molecular weight excluding hydrogens is 442 g/mol. The smallest absolute Gasteiger partial charge is 0.262 e. The predicted octanol–water partition coefficient (Wildman–Crippen LogP) is 2.52. The van der Waals surface area contributed by atoms with Gasteiger partial charge in [-0.3, -0.25) is 9.59 Å². The maximum absolute atomic E-state index is 12.3. The van der Waals surface area contributed by atoms with Crippen LogP contribution in [-0.2, 0) is 14.8 Å². The van der Waals surface area contributed by atoms with E-state index in [1.807, 2.05) is 0 Å². The zero-order valence-electron chi connectivity index (χ0n) is 14.3. The van der Waals surface area contributed by atoms with Gasteiger partial charge >= 0.3 is 0 Å². The first kappa shape index (κ1) is 20.6. The van der Waals surface area contributed by atoms with Gasteiger partial charge < -0.3 is 10.6 Å². The summed E-state index contributed by atoms with van der Waals surface area (Å²) in [5.41, 5.74) is 0.331. The van der Waals surface area contributed by atoms with Crippen LogP contribution in [0.15, 0.2) is 45.1 Å². The number of hydrogen-bond donors (Lipinski definition) is 2. The van der Waals surface area contributed by atoms with Crippen LogP contribution in [0.2, 0.25) is 0 Å². The molecule has 1 aromatic carbocycles. The van der Waals surface area contributed by atoms with Gasteiger partial charge in [-0.1, -0.05) is 6.07 Å². The van der Waals surface area contributed by atoms with Crippen molar-refractivity contribution in [2.45, 2.75) is 17.9 Å². The molecule has 0 fully saturated rings. The summed E-state index contributed by atoms with van der Waals surface area (Å²) in [6.45, 7) is 1.55. The minimum atomic E-state index is -3.60. The number of benzene rings is 1. The number of carbonyl (C=O) groups excluding carboxylic acids is 2. The normalized spacial score (nSPS) is 12.7. The highest BCUT2D eigenvalue weighted by Gasteiger charge is 2.20. The second-order valence-electron chi connectivity index (χ2n) is 5.60. The largest absolute Gasteiger partial charge is 0.340 e. The van der Waals surface area contributed by atoms with E-state index < -0.39 is 22.0 Å². The first-order valence-corrected chi connectivity index (χ1v) is 10.6. The van der Waals surface area contributed by atoms with Crippen LogP contribution in [0.3, 0.4) is 0 Å². The molecule has 0 radical (unpaired) electrons. The van der Waals surface area contributed by atoms with Crippen molar-refractivity contribution >= 4 is 54.8 Å². The monoisotopic (exact) mass is 459 g/mol. The van der Waals surface area contributed by atoms with E-state index in [9.17, 15) is 18.0 Å². The Morgan fingerprint density at radius 2 is 1.88 bits per heavy atom. The molecule has 0 aliphatic rings. The van der Waals surface area contributed by atoms with Crippen LogP contribution in [0.5, 0.6) is 0 Å². The molecule has 26 heavy (non-hydrogen) atoms. The lowest BCUT2D eigenvalue weighted by Crippen LogP contribution is -2.41. The topological polar surface area (TPSA) is 95.6 Å². The van der Waals surface area contributed by atoms with Gasteiger partial charge in [0.05, 0.1) is 13.6 Å². The summed E-state index contributed by atoms with van der Waals surface area (Å²) < 4.78 is 26.2. The fourth-order valence-corrected chi connectivity index (χ4v) is 4.20. The molecule has 2 N–H and O–H groups in total. The van der Waals surface area contributed by atoms with E-state index >= 15 is 0 Å². The van der Waals surface area contributed by atoms with Crippen molar-refractivity contribution in [3.8, 4) is 0 Å². The predicted molar refractivity (Wildman–Crippen MR) is 105 cm³/mol. The third kappa shape index (κ3) is 4.91. The average molecular weight is 460 g/mol. The number of nitrogens with one attached hydrogen (secondary N) is 2. The molecule has 0 aliphatic carbocycles. The Morgan fingerprint density at radius 1 is 1.19 bits per heavy atom. The van der Waals surface area contributed by atoms with Crippen LogP contribution < -0.4 is 10.6 Å². The molecule has 1 aromatic heterocycles. The van der Waals surface area contributed by atoms with Gasteiger partial charge in [0, 0.05) is 19.8 Å². The molecule has 0 spiro atoms. The maximum atomic E-state index is 12.3. The van der Waals surface area contributed by atoms with Crippen LogP contribution in [0.25, 0.3) is 0 Å². The van der Waals surface area contributed by atoms with Crippen LogP contribution in [0.1, 0.15) is 16.6 Å². The fourth-order valence-electron chi connectivity index (χ4n) is 1.97. The van der Waals surface area contributed by atoms with E-state index in [4.69, 9.17) is 0 Å². The molecule has 0 aliphatic heterocycles. The Balaban J connectivity index is 2.06. The number of sulfonamides is 1. The molecule has 2 amide bonds. The molecule has 140 valence electrons. The van der Waals surface area contributed by atoms with Crippen LogP contribution in [0.4, 0.5) is 5.69 Å². The maximum Gasteiger partial charge on any atom is 0.262 e. The van der Waals surface area contributed by atoms with Crippen LogP contribution in [-0.4, -0.2) is 44.7 Å². The van der Waals surface area contributed by atoms with Crippen LogP contribution in [0, 0.1) is 0 Å². The third-order valence-electron chi connectivity index (χ3n) is 3.42. The summed E-state index contributed by atoms with van der Waals surface area (Å²) in [4.78, 5) is 24.9. The summed E-state index contributed by atoms with van der Waals surface area (Å²) in [5, 5.41) is 5.22. The molecule has 0 saturated carbocycles. The Bertz CT molecular complexity index is 925. The van der Waals surface area contributed by atoms with Gasteiger partial charge in [-0.25, -0.2) is 12.7 Å². The Hall–Kier alpha value is -1.75. The fraction of sp³-hybridized carbons (Fsp3) is 0.250. The Kier molecular flexibility index (Phi) is 6.56. The number of carbonyl (C=O) groups is 2. The summed E-state index contributed by atoms with van der Waals surface area (Å²) in [5.74, 6) is -0.805. The lowest BCUT2D eigenvalue weighted by Gasteiger charge is -2.15. The summed E-state index contributed by atoms with van der Waals surface area (Å²) in [6.07, 6.45) is 0. The molecule has 1 atom stereocenters. The number of nitrogens with zero attached hydrogens (tertiary/aromatic N) is 1. The van der Waals surface area contributed by atoms with E-state index in [0.29, 0.717) is 10.6 Å². The number of thiophene rings is 1. The van der Waals surface area contributed by atoms with Crippen molar-refractivity contribution in [2.24, 2.45) is 0 Å². The van der Waals surface area contributed by atoms with Crippen molar-refractivity contribution in [3.05, 3.63) is 45.1 Å². The lowest BCUT2D eigenvalue weighted by molar-refractivity contribution is -0.117. The summed E-state index contributed by atoms with van der Waals surface area (Å²) in [6, 6.07) is 8.56. The first-order valence-electron chi connectivity index (χ1n) is 7.51. The molecule has 1 unspecified atom stereocenters. The minimum absolute atomic E-state index is 0.0698. The molecule has 2 rings (SSSR count). The van der Waals surface area contributed by atoms with Gasteiger partial charge in [-0.05, 0) is 53.2 Å². The van der Waals surface area contributed by atoms with E-state index in [2.05, 4.69) is 26.6 Å². The Morgan fingerprint density at radius 3 is 2.46 bits per heavy atom. The van der Waals surface area contributed by atoms with Gasteiger partial charge in [0.1, 0.15) is 6.04 Å². The standard InChI is InChI=1S/C16H18BrN3O4S2/c1-10(18-16(22)13-7-8-14(17)25-13)15(21)19-11-5-4-6-12(9-11)26(23,24)20(2)3/h4-10H,1-3H3,(H,18,22)(H,19,21). The molecule has 1 heterocycles. The number of halogens is 1. The Labute approximate surface area is 164 Å². The third-order valence-corrected chi connectivity index (χ3v) is 6.85. The molecule has 7 nitrogen and oxygen atoms in total. The first-order chi connectivity index (χ1) is 12.1. The van der Waals surface area contributed by atoms with E-state index in [0.717, 1.165) is 8.09 Å². The minimum Gasteiger partial charge on any atom is -0.340 e. The van der Waals surface area contributed by atoms with Gasteiger partial charge in [0.2, 0.25) is 15.9 Å². The van der Waals surface area contributed by atoms with Crippen molar-refractivity contribution < 1.29 is 18.0 Å². The highest BCUT2D eigenvalue weighted by molar-refractivity contribution is 9.11. The van der Waals surface area contributed by atoms with Crippen molar-refractivity contribution in [3.63, 3.8) is 0 Å². The highest BCUT2D eigenvalue weighted by atomic mass is 79.9. The highest BCUT2D eigenvalue weighted by Crippen LogP contribution is 2.22. The lowest BCUT2D eigenvalue weighted by atomic mass is 10.2. The molecule has 2 aromatic rings. The van der Waals surface area contributed by atoms with Crippen molar-refractivity contribution in [1.29, 1.82) is 0 Å². The zero-order valence-corrected chi connectivity index (χ0v) is 17.5. The quantitative estimate of drug-likeness (QED) is 0.693. The van der Waals surface area contributed by atoms with Gasteiger partial charge in [-0.15, -0.1) is 11.3 Å². The number of rotatable bonds is 6. The molecule has 10 heteroatoms.